The maximum Gasteiger partial charge on any atom is 0.559 e. The van der Waals surface area contributed by atoms with Crippen molar-refractivity contribution in [2.75, 3.05) is 6.79 Å². The molecule has 0 spiro atoms. The molecule has 3 aromatic carbocycles. The molecule has 3 rings (SSSR count). The topological polar surface area (TPSA) is 105 Å². The van der Waals surface area contributed by atoms with Gasteiger partial charge < -0.3 is 9.47 Å². The van der Waals surface area contributed by atoms with E-state index in [-0.39, 0.29) is 33.8 Å². The van der Waals surface area contributed by atoms with E-state index in [0.29, 0.717) is 11.6 Å². The van der Waals surface area contributed by atoms with Crippen LogP contribution in [0.2, 0.25) is 5.02 Å². The van der Waals surface area contributed by atoms with E-state index in [0.717, 1.165) is 24.3 Å². The van der Waals surface area contributed by atoms with E-state index in [2.05, 4.69) is 0 Å². The summed E-state index contributed by atoms with van der Waals surface area (Å²) in [5.74, 6) is -0.920. The molecule has 0 N–H and O–H groups in total. The summed E-state index contributed by atoms with van der Waals surface area (Å²) in [5.41, 5.74) is -0.992. The van der Waals surface area contributed by atoms with Crippen LogP contribution in [0.5, 0.6) is 11.5 Å². The Bertz CT molecular complexity index is 1300. The van der Waals surface area contributed by atoms with Gasteiger partial charge in [0.25, 0.3) is 0 Å². The predicted molar refractivity (Wildman–Crippen MR) is 124 cm³/mol. The maximum atomic E-state index is 12.9. The van der Waals surface area contributed by atoms with Gasteiger partial charge in [-0.25, -0.2) is 4.79 Å². The Kier molecular flexibility index (Phi) is 8.62. The van der Waals surface area contributed by atoms with E-state index in [1.165, 1.54) is 12.1 Å². The molecule has 0 aromatic heterocycles. The number of hydrogen-bond acceptors (Lipinski definition) is 7. The third kappa shape index (κ3) is 6.57. The Morgan fingerprint density at radius 2 is 1.78 bits per heavy atom. The van der Waals surface area contributed by atoms with Crippen molar-refractivity contribution in [3.8, 4) is 11.5 Å². The van der Waals surface area contributed by atoms with E-state index < -0.39 is 43.1 Å². The van der Waals surface area contributed by atoms with Crippen molar-refractivity contribution in [2.45, 2.75) is 19.5 Å². The molecule has 0 fully saturated rings. The number of nitrogens with zero attached hydrogens (tertiary/aromatic N) is 1. The van der Waals surface area contributed by atoms with Gasteiger partial charge in [-0.15, -0.1) is 0 Å². The number of carbonyl (C=O) groups excluding carboxylic acids is 1. The van der Waals surface area contributed by atoms with E-state index >= 15 is 0 Å². The molecule has 0 radical (unpaired) electrons. The fourth-order valence-corrected chi connectivity index (χ4v) is 4.06. The van der Waals surface area contributed by atoms with Crippen LogP contribution in [0.3, 0.4) is 0 Å². The van der Waals surface area contributed by atoms with Crippen molar-refractivity contribution < 1.29 is 41.5 Å². The molecule has 0 aliphatic rings. The van der Waals surface area contributed by atoms with Gasteiger partial charge in [-0.1, -0.05) is 41.2 Å². The lowest BCUT2D eigenvalue weighted by Gasteiger charge is -2.13. The van der Waals surface area contributed by atoms with E-state index in [9.17, 15) is 32.6 Å². The van der Waals surface area contributed by atoms with Gasteiger partial charge >= 0.3 is 31.2 Å². The van der Waals surface area contributed by atoms with Crippen LogP contribution < -0.4 is 10.0 Å². The number of rotatable bonds is 9. The minimum Gasteiger partial charge on any atom is -0.455 e. The van der Waals surface area contributed by atoms with Crippen LogP contribution in [0.15, 0.2) is 60.7 Å². The molecule has 8 nitrogen and oxygen atoms in total. The molecular formula is C23H17ClF3NO7P+. The Balaban J connectivity index is 1.85. The number of alkyl halides is 3. The highest BCUT2D eigenvalue weighted by Gasteiger charge is 2.36. The normalized spacial score (nSPS) is 11.6. The summed E-state index contributed by atoms with van der Waals surface area (Å²) in [6, 6.07) is 12.6. The molecule has 0 aliphatic carbocycles. The lowest BCUT2D eigenvalue weighted by atomic mass is 10.1. The van der Waals surface area contributed by atoms with Gasteiger partial charge in [-0.3, -0.25) is 10.1 Å². The van der Waals surface area contributed by atoms with Gasteiger partial charge in [0.15, 0.2) is 0 Å². The summed E-state index contributed by atoms with van der Waals surface area (Å²) in [7, 11) is -2.90. The van der Waals surface area contributed by atoms with Crippen molar-refractivity contribution >= 4 is 36.6 Å². The second-order valence-electron chi connectivity index (χ2n) is 7.11. The monoisotopic (exact) mass is 542 g/mol. The highest BCUT2D eigenvalue weighted by Crippen LogP contribution is 2.39. The Hall–Kier alpha value is -3.53. The zero-order chi connectivity index (χ0) is 26.5. The smallest absolute Gasteiger partial charge is 0.455 e. The average Bonchev–Trinajstić information content (AvgIpc) is 2.84. The fraction of sp³-hybridized carbons (Fsp3) is 0.174. The Morgan fingerprint density at radius 1 is 1.08 bits per heavy atom. The number of esters is 1. The molecule has 0 bridgehead atoms. The van der Waals surface area contributed by atoms with Crippen LogP contribution in [0.4, 0.5) is 18.9 Å². The zero-order valence-electron chi connectivity index (χ0n) is 18.5. The number of carbonyl (C=O) groups is 1. The summed E-state index contributed by atoms with van der Waals surface area (Å²) in [4.78, 5) is 22.8. The molecule has 13 heteroatoms. The first-order valence-corrected chi connectivity index (χ1v) is 11.7. The first kappa shape index (κ1) is 27.1. The fourth-order valence-electron chi connectivity index (χ4n) is 3.00. The highest BCUT2D eigenvalue weighted by molar-refractivity contribution is 7.48. The summed E-state index contributed by atoms with van der Waals surface area (Å²) in [6.07, 6.45) is -4.38. The van der Waals surface area contributed by atoms with E-state index in [1.54, 1.807) is 25.1 Å². The maximum absolute atomic E-state index is 12.9. The van der Waals surface area contributed by atoms with Crippen molar-refractivity contribution in [2.24, 2.45) is 0 Å². The van der Waals surface area contributed by atoms with Crippen LogP contribution in [-0.4, -0.2) is 17.7 Å². The van der Waals surface area contributed by atoms with Crippen LogP contribution in [0.1, 0.15) is 28.4 Å². The first-order valence-electron chi connectivity index (χ1n) is 10.2. The number of benzene rings is 3. The molecule has 1 atom stereocenters. The van der Waals surface area contributed by atoms with Crippen molar-refractivity contribution in [1.29, 1.82) is 0 Å². The van der Waals surface area contributed by atoms with Crippen LogP contribution >= 0.6 is 19.6 Å². The molecule has 188 valence electrons. The highest BCUT2D eigenvalue weighted by atomic mass is 35.5. The second kappa shape index (κ2) is 11.5. The quantitative estimate of drug-likeness (QED) is 0.0960. The van der Waals surface area contributed by atoms with Crippen molar-refractivity contribution in [1.82, 2.24) is 0 Å². The number of aryl methyl sites for hydroxylation is 1. The van der Waals surface area contributed by atoms with Crippen LogP contribution in [-0.2, 0) is 26.4 Å². The Morgan fingerprint density at radius 3 is 2.36 bits per heavy atom. The lowest BCUT2D eigenvalue weighted by molar-refractivity contribution is -0.383. The number of halogens is 4. The largest absolute Gasteiger partial charge is 0.559 e. The average molecular weight is 543 g/mol. The third-order valence-electron chi connectivity index (χ3n) is 4.78. The van der Waals surface area contributed by atoms with Gasteiger partial charge in [0.1, 0.15) is 11.5 Å². The second-order valence-corrected chi connectivity index (χ2v) is 8.77. The van der Waals surface area contributed by atoms with Gasteiger partial charge in [-0.2, -0.15) is 13.2 Å². The van der Waals surface area contributed by atoms with Crippen LogP contribution in [0, 0.1) is 10.1 Å². The van der Waals surface area contributed by atoms with Gasteiger partial charge in [0.05, 0.1) is 21.1 Å². The van der Waals surface area contributed by atoms with E-state index in [1.807, 2.05) is 0 Å². The minimum absolute atomic E-state index is 0.0204. The summed E-state index contributed by atoms with van der Waals surface area (Å²) >= 11 is 5.95. The summed E-state index contributed by atoms with van der Waals surface area (Å²) in [5, 5.41) is 10.9. The molecule has 0 heterocycles. The SMILES string of the molecule is CCc1cc([N+](=O)[O-])c([P+](=O)OCOC(=O)c2ccccc2)cc1Oc1ccc(C(F)(F)F)cc1Cl. The molecule has 1 unspecified atom stereocenters. The Labute approximate surface area is 208 Å². The molecular weight excluding hydrogens is 526 g/mol. The molecule has 0 amide bonds. The zero-order valence-corrected chi connectivity index (χ0v) is 20.1. The third-order valence-corrected chi connectivity index (χ3v) is 6.17. The molecule has 0 saturated carbocycles. The lowest BCUT2D eigenvalue weighted by Crippen LogP contribution is -2.11. The number of ether oxygens (including phenoxy) is 2. The summed E-state index contributed by atoms with van der Waals surface area (Å²) in [6.45, 7) is 0.913. The van der Waals surface area contributed by atoms with Crippen molar-refractivity contribution in [3.63, 3.8) is 0 Å². The van der Waals surface area contributed by atoms with Crippen molar-refractivity contribution in [3.05, 3.63) is 92.5 Å². The van der Waals surface area contributed by atoms with Gasteiger partial charge in [-0.05, 0) is 41.3 Å². The van der Waals surface area contributed by atoms with Gasteiger partial charge in [0.2, 0.25) is 6.79 Å². The van der Waals surface area contributed by atoms with Crippen LogP contribution in [0.25, 0.3) is 0 Å². The molecule has 36 heavy (non-hydrogen) atoms. The van der Waals surface area contributed by atoms with Gasteiger partial charge in [0, 0.05) is 17.7 Å². The number of nitro benzene ring substituents is 1. The minimum atomic E-state index is -4.61. The molecule has 0 aliphatic heterocycles. The summed E-state index contributed by atoms with van der Waals surface area (Å²) < 4.78 is 67.0. The number of hydrogen-bond donors (Lipinski definition) is 0. The first-order chi connectivity index (χ1) is 17.0. The molecule has 0 saturated heterocycles. The predicted octanol–water partition coefficient (Wildman–Crippen LogP) is 6.82. The standard InChI is InChI=1S/C23H17ClF3NO7P/c1-2-14-10-18(28(30)31)21(36(32)34-13-33-22(29)15-6-4-3-5-7-15)12-20(14)35-19-9-8-16(11-17(19)24)23(25,26)27/h3-12H,2,13H2,1H3/q+1. The number of nitro groups is 1. The molecule has 3 aromatic rings. The van der Waals surface area contributed by atoms with E-state index in [4.69, 9.17) is 25.6 Å².